The number of fused-ring (bicyclic) bond motifs is 1. The number of halogens is 2. The monoisotopic (exact) mass is 352 g/mol. The van der Waals surface area contributed by atoms with E-state index in [1.54, 1.807) is 17.7 Å². The highest BCUT2D eigenvalue weighted by atomic mass is 19.3. The highest BCUT2D eigenvalue weighted by Crippen LogP contribution is 2.21. The van der Waals surface area contributed by atoms with E-state index in [0.717, 1.165) is 0 Å². The molecule has 0 radical (unpaired) electrons. The van der Waals surface area contributed by atoms with Crippen molar-refractivity contribution in [2.24, 2.45) is 7.05 Å². The molecule has 0 bridgehead atoms. The van der Waals surface area contributed by atoms with Crippen molar-refractivity contribution in [2.45, 2.75) is 38.5 Å². The van der Waals surface area contributed by atoms with Gasteiger partial charge in [-0.25, -0.2) is 9.48 Å². The van der Waals surface area contributed by atoms with Crippen LogP contribution in [0.1, 0.15) is 29.0 Å². The summed E-state index contributed by atoms with van der Waals surface area (Å²) in [5, 5.41) is 7.01. The molecule has 1 amide bonds. The Bertz CT molecular complexity index is 831. The third kappa shape index (κ3) is 3.70. The van der Waals surface area contributed by atoms with Crippen molar-refractivity contribution in [3.8, 4) is 5.75 Å². The van der Waals surface area contributed by atoms with E-state index in [0.29, 0.717) is 31.6 Å². The number of ether oxygens (including phenoxy) is 1. The molecule has 0 saturated heterocycles. The molecule has 1 atom stereocenters. The van der Waals surface area contributed by atoms with E-state index in [9.17, 15) is 18.4 Å². The number of carbonyl (C=O) groups is 1. The lowest BCUT2D eigenvalue weighted by Crippen LogP contribution is -2.36. The molecule has 9 heteroatoms. The number of hydrogen-bond donors (Lipinski definition) is 1. The molecule has 0 fully saturated rings. The van der Waals surface area contributed by atoms with Gasteiger partial charge in [-0.2, -0.15) is 13.9 Å². The summed E-state index contributed by atoms with van der Waals surface area (Å²) in [4.78, 5) is 24.4. The molecule has 0 aliphatic carbocycles. The fourth-order valence-corrected chi connectivity index (χ4v) is 2.96. The van der Waals surface area contributed by atoms with Gasteiger partial charge >= 0.3 is 12.3 Å². The summed E-state index contributed by atoms with van der Waals surface area (Å²) < 4.78 is 32.2. The van der Waals surface area contributed by atoms with Gasteiger partial charge in [-0.1, -0.05) is 12.1 Å². The van der Waals surface area contributed by atoms with E-state index >= 15 is 0 Å². The molecule has 1 aromatic heterocycles. The standard InChI is InChI=1S/C16H18F2N4O3/c1-21-16(24)22-9-8-10(6-7-13(22)20-21)19-14(23)11-4-2-3-5-12(11)25-15(17)18/h2-5,10,15H,6-9H2,1H3,(H,19,23). The minimum atomic E-state index is -3.00. The van der Waals surface area contributed by atoms with E-state index in [1.807, 2.05) is 0 Å². The summed E-state index contributed by atoms with van der Waals surface area (Å²) in [5.41, 5.74) is -0.127. The molecule has 0 spiro atoms. The first-order valence-electron chi connectivity index (χ1n) is 7.93. The first-order valence-corrected chi connectivity index (χ1v) is 7.93. The lowest BCUT2D eigenvalue weighted by molar-refractivity contribution is -0.0501. The lowest BCUT2D eigenvalue weighted by atomic mass is 10.1. The molecule has 2 aromatic rings. The van der Waals surface area contributed by atoms with Gasteiger partial charge in [-0.15, -0.1) is 0 Å². The number of carbonyl (C=O) groups excluding carboxylic acids is 1. The first-order chi connectivity index (χ1) is 12.0. The average molecular weight is 352 g/mol. The number of amides is 1. The zero-order valence-corrected chi connectivity index (χ0v) is 13.6. The molecule has 3 rings (SSSR count). The van der Waals surface area contributed by atoms with Crippen molar-refractivity contribution in [3.05, 3.63) is 46.1 Å². The Hall–Kier alpha value is -2.71. The van der Waals surface area contributed by atoms with Crippen LogP contribution in [0.25, 0.3) is 0 Å². The van der Waals surface area contributed by atoms with Crippen LogP contribution in [0.15, 0.2) is 29.1 Å². The number of hydrogen-bond acceptors (Lipinski definition) is 4. The highest BCUT2D eigenvalue weighted by Gasteiger charge is 2.23. The number of para-hydroxylation sites is 1. The summed E-state index contributed by atoms with van der Waals surface area (Å²) in [6.07, 6.45) is 1.72. The summed E-state index contributed by atoms with van der Waals surface area (Å²) in [5.74, 6) is 0.0461. The Kier molecular flexibility index (Phi) is 4.82. The SMILES string of the molecule is Cn1nc2n(c1=O)CCC(NC(=O)c1ccccc1OC(F)F)CC2. The summed E-state index contributed by atoms with van der Waals surface area (Å²) in [6.45, 7) is -2.55. The van der Waals surface area contributed by atoms with Gasteiger partial charge in [0, 0.05) is 26.1 Å². The predicted octanol–water partition coefficient (Wildman–Crippen LogP) is 1.32. The summed E-state index contributed by atoms with van der Waals surface area (Å²) in [7, 11) is 1.60. The van der Waals surface area contributed by atoms with E-state index in [2.05, 4.69) is 15.2 Å². The molecule has 1 unspecified atom stereocenters. The molecule has 1 aromatic carbocycles. The van der Waals surface area contributed by atoms with Crippen molar-refractivity contribution in [1.82, 2.24) is 19.7 Å². The molecule has 1 N–H and O–H groups in total. The van der Waals surface area contributed by atoms with Gasteiger partial charge in [0.25, 0.3) is 5.91 Å². The molecular formula is C16H18F2N4O3. The molecular weight excluding hydrogens is 334 g/mol. The normalized spacial score (nSPS) is 17.0. The third-order valence-corrected chi connectivity index (χ3v) is 4.19. The van der Waals surface area contributed by atoms with Gasteiger partial charge in [0.15, 0.2) is 0 Å². The van der Waals surface area contributed by atoms with Gasteiger partial charge in [-0.05, 0) is 25.0 Å². The Morgan fingerprint density at radius 2 is 2.12 bits per heavy atom. The van der Waals surface area contributed by atoms with Crippen molar-refractivity contribution < 1.29 is 18.3 Å². The van der Waals surface area contributed by atoms with E-state index < -0.39 is 12.5 Å². The van der Waals surface area contributed by atoms with Crippen LogP contribution in [0.5, 0.6) is 5.75 Å². The van der Waals surface area contributed by atoms with Crippen molar-refractivity contribution >= 4 is 5.91 Å². The van der Waals surface area contributed by atoms with E-state index in [-0.39, 0.29) is 23.0 Å². The number of aryl methyl sites for hydroxylation is 2. The Balaban J connectivity index is 1.69. The van der Waals surface area contributed by atoms with Crippen molar-refractivity contribution in [3.63, 3.8) is 0 Å². The molecule has 7 nitrogen and oxygen atoms in total. The zero-order valence-electron chi connectivity index (χ0n) is 13.6. The van der Waals surface area contributed by atoms with Crippen LogP contribution in [0, 0.1) is 0 Å². The van der Waals surface area contributed by atoms with Crippen LogP contribution in [0.4, 0.5) is 8.78 Å². The van der Waals surface area contributed by atoms with E-state index in [4.69, 9.17) is 0 Å². The average Bonchev–Trinajstić information content (AvgIpc) is 2.72. The molecule has 1 aliphatic rings. The predicted molar refractivity (Wildman–Crippen MR) is 84.7 cm³/mol. The number of nitrogens with one attached hydrogen (secondary N) is 1. The second-order valence-corrected chi connectivity index (χ2v) is 5.85. The van der Waals surface area contributed by atoms with Crippen molar-refractivity contribution in [2.75, 3.05) is 0 Å². The molecule has 2 heterocycles. The van der Waals surface area contributed by atoms with Crippen LogP contribution in [-0.2, 0) is 20.0 Å². The maximum absolute atomic E-state index is 12.5. The van der Waals surface area contributed by atoms with Gasteiger partial charge in [0.2, 0.25) is 0 Å². The van der Waals surface area contributed by atoms with Crippen LogP contribution in [-0.4, -0.2) is 32.9 Å². The number of alkyl halides is 2. The lowest BCUT2D eigenvalue weighted by Gasteiger charge is -2.17. The highest BCUT2D eigenvalue weighted by molar-refractivity contribution is 5.97. The van der Waals surface area contributed by atoms with Gasteiger partial charge < -0.3 is 10.1 Å². The largest absolute Gasteiger partial charge is 0.434 e. The maximum atomic E-state index is 12.5. The van der Waals surface area contributed by atoms with Gasteiger partial charge in [0.05, 0.1) is 5.56 Å². The topological polar surface area (TPSA) is 78.2 Å². The number of rotatable bonds is 4. The zero-order chi connectivity index (χ0) is 18.0. The number of benzene rings is 1. The Morgan fingerprint density at radius 1 is 1.36 bits per heavy atom. The molecule has 0 saturated carbocycles. The van der Waals surface area contributed by atoms with Crippen LogP contribution in [0.3, 0.4) is 0 Å². The summed E-state index contributed by atoms with van der Waals surface area (Å²) in [6, 6.07) is 5.69. The van der Waals surface area contributed by atoms with Gasteiger partial charge in [-0.3, -0.25) is 9.36 Å². The third-order valence-electron chi connectivity index (χ3n) is 4.19. The van der Waals surface area contributed by atoms with E-state index in [1.165, 1.54) is 22.9 Å². The molecule has 1 aliphatic heterocycles. The maximum Gasteiger partial charge on any atom is 0.387 e. The fraction of sp³-hybridized carbons (Fsp3) is 0.438. The smallest absolute Gasteiger partial charge is 0.387 e. The van der Waals surface area contributed by atoms with Crippen LogP contribution >= 0.6 is 0 Å². The number of nitrogens with zero attached hydrogens (tertiary/aromatic N) is 3. The second-order valence-electron chi connectivity index (χ2n) is 5.85. The van der Waals surface area contributed by atoms with Crippen molar-refractivity contribution in [1.29, 1.82) is 0 Å². The second kappa shape index (κ2) is 7.04. The van der Waals surface area contributed by atoms with Gasteiger partial charge in [0.1, 0.15) is 11.6 Å². The Labute approximate surface area is 142 Å². The van der Waals surface area contributed by atoms with Crippen LogP contribution < -0.4 is 15.7 Å². The number of aromatic nitrogens is 3. The first kappa shape index (κ1) is 17.1. The van der Waals surface area contributed by atoms with Crippen LogP contribution in [0.2, 0.25) is 0 Å². The fourth-order valence-electron chi connectivity index (χ4n) is 2.96. The summed E-state index contributed by atoms with van der Waals surface area (Å²) >= 11 is 0. The quantitative estimate of drug-likeness (QED) is 0.900. The minimum Gasteiger partial charge on any atom is -0.434 e. The Morgan fingerprint density at radius 3 is 2.88 bits per heavy atom. The molecule has 25 heavy (non-hydrogen) atoms. The minimum absolute atomic E-state index is 0.0562. The molecule has 134 valence electrons.